The lowest BCUT2D eigenvalue weighted by molar-refractivity contribution is -0.639. The molecule has 2 bridgehead atoms. The van der Waals surface area contributed by atoms with E-state index in [1.807, 2.05) is 12.1 Å². The van der Waals surface area contributed by atoms with E-state index in [4.69, 9.17) is 35.6 Å². The summed E-state index contributed by atoms with van der Waals surface area (Å²) in [5.41, 5.74) is 3.43. The van der Waals surface area contributed by atoms with Crippen molar-refractivity contribution in [3.63, 3.8) is 0 Å². The Hall–Kier alpha value is -1.19. The molecule has 5 aliphatic rings. The lowest BCUT2D eigenvalue weighted by Crippen LogP contribution is -2.74. The fraction of sp³-hybridized carbons (Fsp3) is 0.704. The topological polar surface area (TPSA) is 86.6 Å². The fourth-order valence-electron chi connectivity index (χ4n) is 7.35. The van der Waals surface area contributed by atoms with Gasteiger partial charge in [-0.15, -0.1) is 0 Å². The van der Waals surface area contributed by atoms with Gasteiger partial charge in [-0.1, -0.05) is 42.2 Å². The van der Waals surface area contributed by atoms with Crippen LogP contribution in [-0.4, -0.2) is 48.0 Å². The van der Waals surface area contributed by atoms with Crippen LogP contribution in [-0.2, 0) is 25.0 Å². The number of allylic oxidation sites excluding steroid dienone is 1. The molecule has 2 N–H and O–H groups in total. The van der Waals surface area contributed by atoms with Gasteiger partial charge in [0.25, 0.3) is 5.79 Å². The minimum absolute atomic E-state index is 0.00361. The number of methoxy groups -OCH3 is 1. The van der Waals surface area contributed by atoms with Crippen molar-refractivity contribution in [1.82, 2.24) is 0 Å². The molecule has 0 aromatic heterocycles. The van der Waals surface area contributed by atoms with Crippen molar-refractivity contribution in [3.05, 3.63) is 39.9 Å². The summed E-state index contributed by atoms with van der Waals surface area (Å²) in [6.45, 7) is 1.78. The molecule has 3 fully saturated rings. The number of aliphatic hydroxyl groups is 2. The summed E-state index contributed by atoms with van der Waals surface area (Å²) in [7, 11) is 1.68. The van der Waals surface area contributed by atoms with Gasteiger partial charge in [0.15, 0.2) is 5.60 Å². The van der Waals surface area contributed by atoms with Gasteiger partial charge in [0, 0.05) is 30.4 Å². The second kappa shape index (κ2) is 8.98. The highest BCUT2D eigenvalue weighted by molar-refractivity contribution is 6.32. The molecular weight excluding hydrogens is 472 g/mol. The minimum atomic E-state index is -1.06. The molecule has 1 aromatic rings. The Morgan fingerprint density at radius 3 is 2.69 bits per heavy atom. The molecule has 6 rings (SSSR count). The summed E-state index contributed by atoms with van der Waals surface area (Å²) in [5.74, 6) is -0.470. The summed E-state index contributed by atoms with van der Waals surface area (Å²) >= 11 is 6.53. The number of ether oxygens (including phenoxy) is 3. The smallest absolute Gasteiger partial charge is 0.261 e. The van der Waals surface area contributed by atoms with E-state index >= 15 is 0 Å². The van der Waals surface area contributed by atoms with Gasteiger partial charge in [0.1, 0.15) is 11.9 Å². The molecule has 192 valence electrons. The maximum Gasteiger partial charge on any atom is 0.261 e. The molecule has 5 unspecified atom stereocenters. The van der Waals surface area contributed by atoms with Crippen LogP contribution in [0, 0.1) is 17.8 Å². The summed E-state index contributed by atoms with van der Waals surface area (Å²) in [6.07, 6.45) is 6.65. The van der Waals surface area contributed by atoms with Crippen molar-refractivity contribution in [2.45, 2.75) is 88.2 Å². The second-order valence-electron chi connectivity index (χ2n) is 10.9. The van der Waals surface area contributed by atoms with Gasteiger partial charge in [0.2, 0.25) is 6.29 Å². The highest BCUT2D eigenvalue weighted by atomic mass is 35.5. The predicted molar refractivity (Wildman–Crippen MR) is 128 cm³/mol. The Morgan fingerprint density at radius 2 is 1.91 bits per heavy atom. The van der Waals surface area contributed by atoms with E-state index in [0.717, 1.165) is 31.2 Å². The molecule has 3 aliphatic carbocycles. The van der Waals surface area contributed by atoms with Gasteiger partial charge in [-0.2, -0.15) is 4.89 Å². The number of hydrogen-bond donors (Lipinski definition) is 2. The van der Waals surface area contributed by atoms with E-state index in [1.165, 1.54) is 25.7 Å². The lowest BCUT2D eigenvalue weighted by Gasteiger charge is -2.65. The van der Waals surface area contributed by atoms with Crippen LogP contribution in [0.2, 0.25) is 5.02 Å². The van der Waals surface area contributed by atoms with Crippen molar-refractivity contribution in [2.24, 2.45) is 17.8 Å². The largest absolute Gasteiger partial charge is 0.463 e. The number of fused-ring (bicyclic) bond motifs is 1. The third-order valence-corrected chi connectivity index (χ3v) is 9.47. The third-order valence-electron chi connectivity index (χ3n) is 9.16. The molecule has 1 aromatic carbocycles. The first-order valence-electron chi connectivity index (χ1n) is 13.0. The fourth-order valence-corrected chi connectivity index (χ4v) is 7.52. The van der Waals surface area contributed by atoms with Crippen LogP contribution in [0.4, 0.5) is 0 Å². The summed E-state index contributed by atoms with van der Waals surface area (Å²) in [5, 5.41) is 20.6. The maximum absolute atomic E-state index is 10.3. The average molecular weight is 507 g/mol. The Balaban J connectivity index is 1.36. The summed E-state index contributed by atoms with van der Waals surface area (Å²) in [6, 6.07) is 5.56. The molecular formula is C27H35ClO7. The monoisotopic (exact) mass is 506 g/mol. The summed E-state index contributed by atoms with van der Waals surface area (Å²) in [4.78, 5) is 12.1. The second-order valence-corrected chi connectivity index (χ2v) is 11.3. The maximum atomic E-state index is 10.3. The Morgan fingerprint density at radius 1 is 1.09 bits per heavy atom. The van der Waals surface area contributed by atoms with Crippen LogP contribution < -0.4 is 4.74 Å². The predicted octanol–water partition coefficient (Wildman–Crippen LogP) is 4.62. The van der Waals surface area contributed by atoms with Gasteiger partial charge < -0.3 is 24.4 Å². The van der Waals surface area contributed by atoms with Crippen molar-refractivity contribution in [3.8, 4) is 5.75 Å². The zero-order valence-corrected chi connectivity index (χ0v) is 21.1. The number of hydrogen-bond acceptors (Lipinski definition) is 7. The van der Waals surface area contributed by atoms with Crippen molar-refractivity contribution < 1.29 is 34.2 Å². The van der Waals surface area contributed by atoms with Crippen LogP contribution in [0.15, 0.2) is 29.3 Å². The van der Waals surface area contributed by atoms with E-state index in [2.05, 4.69) is 0 Å². The third kappa shape index (κ3) is 3.46. The van der Waals surface area contributed by atoms with Crippen LogP contribution >= 0.6 is 11.6 Å². The average Bonchev–Trinajstić information content (AvgIpc) is 2.85. The van der Waals surface area contributed by atoms with Crippen LogP contribution in [0.3, 0.4) is 0 Å². The first kappa shape index (κ1) is 24.2. The zero-order chi connectivity index (χ0) is 24.4. The lowest BCUT2D eigenvalue weighted by atomic mass is 9.53. The minimum Gasteiger partial charge on any atom is -0.463 e. The molecule has 2 aliphatic heterocycles. The summed E-state index contributed by atoms with van der Waals surface area (Å²) < 4.78 is 18.0. The Bertz CT molecular complexity index is 1010. The highest BCUT2D eigenvalue weighted by Crippen LogP contribution is 2.67. The molecule has 0 amide bonds. The number of rotatable bonds is 4. The molecule has 1 saturated carbocycles. The number of halogens is 1. The van der Waals surface area contributed by atoms with Crippen molar-refractivity contribution in [2.75, 3.05) is 13.7 Å². The van der Waals surface area contributed by atoms with Crippen LogP contribution in [0.1, 0.15) is 63.9 Å². The van der Waals surface area contributed by atoms with E-state index in [1.54, 1.807) is 31.2 Å². The first-order chi connectivity index (χ1) is 16.9. The molecule has 2 heterocycles. The normalized spacial score (nSPS) is 43.0. The highest BCUT2D eigenvalue weighted by Gasteiger charge is 2.75. The molecule has 35 heavy (non-hydrogen) atoms. The van der Waals surface area contributed by atoms with Gasteiger partial charge in [-0.05, 0) is 57.1 Å². The molecule has 8 heteroatoms. The molecule has 2 saturated heterocycles. The van der Waals surface area contributed by atoms with E-state index in [0.29, 0.717) is 16.7 Å². The molecule has 7 nitrogen and oxygen atoms in total. The SMILES string of the molecule is COC1(c2ccc(Cl)c(OC3OC[C@@H](O)[C@H](O)[C@@H]3C)c2)OOC12C1CCCC2C2=C(CCCC2)C1. The molecule has 8 atom stereocenters. The number of benzene rings is 1. The van der Waals surface area contributed by atoms with Crippen LogP contribution in [0.25, 0.3) is 0 Å². The molecule has 1 spiro atoms. The van der Waals surface area contributed by atoms with E-state index in [9.17, 15) is 10.2 Å². The zero-order valence-electron chi connectivity index (χ0n) is 20.4. The van der Waals surface area contributed by atoms with Gasteiger partial charge in [-0.25, -0.2) is 4.89 Å². The first-order valence-corrected chi connectivity index (χ1v) is 13.4. The van der Waals surface area contributed by atoms with E-state index in [-0.39, 0.29) is 12.5 Å². The van der Waals surface area contributed by atoms with Crippen LogP contribution in [0.5, 0.6) is 5.75 Å². The molecule has 0 radical (unpaired) electrons. The van der Waals surface area contributed by atoms with Crippen molar-refractivity contribution >= 4 is 11.6 Å². The standard InChI is InChI=1S/C27H35ClO7/c1-15-24(30)22(29)14-32-25(15)33-23-13-18(10-11-21(23)28)27(31-2)26(34-35-27)17-7-5-9-20(26)19-8-4-3-6-16(19)12-17/h10-11,13,15,17,20,22,24-25,29-30H,3-9,12,14H2,1-2H3/t15-,17?,20?,22+,24+,25?,26?,27?/m0/s1. The quantitative estimate of drug-likeness (QED) is 0.455. The Kier molecular flexibility index (Phi) is 6.20. The van der Waals surface area contributed by atoms with Crippen molar-refractivity contribution in [1.29, 1.82) is 0 Å². The Labute approximate surface area is 211 Å². The van der Waals surface area contributed by atoms with E-state index < -0.39 is 35.8 Å². The van der Waals surface area contributed by atoms with Gasteiger partial charge in [0.05, 0.1) is 17.7 Å². The van der Waals surface area contributed by atoms with Gasteiger partial charge >= 0.3 is 0 Å². The number of aliphatic hydroxyl groups excluding tert-OH is 2. The van der Waals surface area contributed by atoms with Gasteiger partial charge in [-0.3, -0.25) is 0 Å².